The number of hydrogen-bond donors (Lipinski definition) is 2. The van der Waals surface area contributed by atoms with Crippen LogP contribution in [0, 0.1) is 0 Å². The van der Waals surface area contributed by atoms with Crippen molar-refractivity contribution in [2.45, 2.75) is 5.51 Å². The van der Waals surface area contributed by atoms with Gasteiger partial charge in [-0.15, -0.1) is 0 Å². The summed E-state index contributed by atoms with van der Waals surface area (Å²) in [6.45, 7) is 0. The largest absolute Gasteiger partial charge is 0.516 e. The van der Waals surface area contributed by atoms with Gasteiger partial charge in [0.15, 0.2) is 11.5 Å². The molecule has 0 heterocycles. The van der Waals surface area contributed by atoms with Crippen molar-refractivity contribution in [1.29, 1.82) is 0 Å². The van der Waals surface area contributed by atoms with Crippen molar-refractivity contribution in [2.75, 3.05) is 4.72 Å². The van der Waals surface area contributed by atoms with Gasteiger partial charge in [0.2, 0.25) is 0 Å². The van der Waals surface area contributed by atoms with Crippen LogP contribution in [0.4, 0.5) is 18.9 Å². The van der Waals surface area contributed by atoms with Gasteiger partial charge in [-0.25, -0.2) is 0 Å². The lowest BCUT2D eigenvalue weighted by molar-refractivity contribution is -0.0429. The summed E-state index contributed by atoms with van der Waals surface area (Å²) in [6.07, 6.45) is 0. The highest BCUT2D eigenvalue weighted by molar-refractivity contribution is 7.93. The van der Waals surface area contributed by atoms with Gasteiger partial charge in [0.25, 0.3) is 0 Å². The molecule has 0 bridgehead atoms. The minimum atomic E-state index is -5.70. The molecule has 0 aliphatic heterocycles. The van der Waals surface area contributed by atoms with Crippen molar-refractivity contribution in [3.8, 4) is 5.75 Å². The number of ketones is 1. The molecule has 5 nitrogen and oxygen atoms in total. The van der Waals surface area contributed by atoms with Gasteiger partial charge < -0.3 is 5.11 Å². The number of phenols is 1. The fourth-order valence-corrected chi connectivity index (χ4v) is 2.33. The summed E-state index contributed by atoms with van der Waals surface area (Å²) in [7, 11) is -5.70. The maximum Gasteiger partial charge on any atom is 0.516 e. The molecular formula is C14H10F3NO4S. The molecule has 122 valence electrons. The molecule has 0 atom stereocenters. The molecular weight excluding hydrogens is 335 g/mol. The van der Waals surface area contributed by atoms with Gasteiger partial charge in [-0.1, -0.05) is 36.4 Å². The van der Waals surface area contributed by atoms with Crippen molar-refractivity contribution >= 4 is 21.5 Å². The Kier molecular flexibility index (Phi) is 4.33. The van der Waals surface area contributed by atoms with Crippen molar-refractivity contribution in [3.63, 3.8) is 0 Å². The highest BCUT2D eigenvalue weighted by Gasteiger charge is 2.46. The average molecular weight is 345 g/mol. The van der Waals surface area contributed by atoms with E-state index < -0.39 is 32.8 Å². The number of sulfonamides is 1. The van der Waals surface area contributed by atoms with E-state index in [4.69, 9.17) is 0 Å². The molecule has 0 aromatic heterocycles. The summed E-state index contributed by atoms with van der Waals surface area (Å²) in [5.41, 5.74) is -6.40. The average Bonchev–Trinajstić information content (AvgIpc) is 2.48. The molecule has 0 aliphatic carbocycles. The van der Waals surface area contributed by atoms with E-state index in [0.29, 0.717) is 0 Å². The second-order valence-corrected chi connectivity index (χ2v) is 6.12. The first-order valence-corrected chi connectivity index (χ1v) is 7.62. The van der Waals surface area contributed by atoms with Crippen LogP contribution in [0.25, 0.3) is 0 Å². The Morgan fingerprint density at radius 2 is 1.61 bits per heavy atom. The van der Waals surface area contributed by atoms with Gasteiger partial charge in [-0.2, -0.15) is 21.6 Å². The number of halogens is 3. The number of carbonyl (C=O) groups is 1. The number of rotatable bonds is 4. The summed E-state index contributed by atoms with van der Waals surface area (Å²) in [5.74, 6) is -1.54. The SMILES string of the molecule is O=C(c1ccccc1)c1cccc(NS(=O)(=O)C(F)(F)F)c1O. The fourth-order valence-electron chi connectivity index (χ4n) is 1.76. The molecule has 0 unspecified atom stereocenters. The number of nitrogens with one attached hydrogen (secondary N) is 1. The van der Waals surface area contributed by atoms with E-state index in [2.05, 4.69) is 0 Å². The summed E-state index contributed by atoms with van der Waals surface area (Å²) < 4.78 is 60.5. The molecule has 0 amide bonds. The number of para-hydroxylation sites is 1. The molecule has 2 rings (SSSR count). The predicted molar refractivity (Wildman–Crippen MR) is 76.6 cm³/mol. The second-order valence-electron chi connectivity index (χ2n) is 4.45. The quantitative estimate of drug-likeness (QED) is 0.659. The lowest BCUT2D eigenvalue weighted by Gasteiger charge is -2.13. The third-order valence-electron chi connectivity index (χ3n) is 2.87. The molecule has 0 radical (unpaired) electrons. The zero-order valence-electron chi connectivity index (χ0n) is 11.3. The van der Waals surface area contributed by atoms with Crippen molar-refractivity contribution < 1.29 is 31.5 Å². The van der Waals surface area contributed by atoms with Crippen LogP contribution in [0.2, 0.25) is 0 Å². The predicted octanol–water partition coefficient (Wildman–Crippen LogP) is 2.88. The smallest absolute Gasteiger partial charge is 0.505 e. The van der Waals surface area contributed by atoms with Gasteiger partial charge in [0.1, 0.15) is 0 Å². The Morgan fingerprint density at radius 3 is 2.17 bits per heavy atom. The van der Waals surface area contributed by atoms with Crippen LogP contribution in [0.1, 0.15) is 15.9 Å². The van der Waals surface area contributed by atoms with E-state index in [-0.39, 0.29) is 11.1 Å². The highest BCUT2D eigenvalue weighted by atomic mass is 32.2. The molecule has 23 heavy (non-hydrogen) atoms. The van der Waals surface area contributed by atoms with E-state index in [1.165, 1.54) is 22.9 Å². The molecule has 9 heteroatoms. The maximum atomic E-state index is 12.4. The van der Waals surface area contributed by atoms with Crippen molar-refractivity contribution in [2.24, 2.45) is 0 Å². The van der Waals surface area contributed by atoms with Crippen LogP contribution >= 0.6 is 0 Å². The first-order valence-electron chi connectivity index (χ1n) is 6.14. The minimum Gasteiger partial charge on any atom is -0.505 e. The number of alkyl halides is 3. The Labute approximate surface area is 129 Å². The number of benzene rings is 2. The minimum absolute atomic E-state index is 0.193. The number of anilines is 1. The monoisotopic (exact) mass is 345 g/mol. The van der Waals surface area contributed by atoms with Crippen LogP contribution < -0.4 is 4.72 Å². The number of aromatic hydroxyl groups is 1. The topological polar surface area (TPSA) is 83.5 Å². The molecule has 0 aliphatic rings. The zero-order valence-corrected chi connectivity index (χ0v) is 12.1. The molecule has 0 fully saturated rings. The lowest BCUT2D eigenvalue weighted by Crippen LogP contribution is -2.30. The Hall–Kier alpha value is -2.55. The van der Waals surface area contributed by atoms with E-state index >= 15 is 0 Å². The van der Waals surface area contributed by atoms with Gasteiger partial charge in [0.05, 0.1) is 11.3 Å². The first-order chi connectivity index (χ1) is 10.6. The molecule has 0 saturated carbocycles. The van der Waals surface area contributed by atoms with Gasteiger partial charge in [-0.05, 0) is 12.1 Å². The van der Waals surface area contributed by atoms with E-state index in [9.17, 15) is 31.5 Å². The molecule has 2 N–H and O–H groups in total. The molecule has 0 saturated heterocycles. The molecule has 2 aromatic rings. The lowest BCUT2D eigenvalue weighted by atomic mass is 10.0. The number of phenolic OH excluding ortho intramolecular Hbond substituents is 1. The molecule has 0 spiro atoms. The van der Waals surface area contributed by atoms with Gasteiger partial charge in [0, 0.05) is 5.56 Å². The number of carbonyl (C=O) groups excluding carboxylic acids is 1. The summed E-state index contributed by atoms with van der Waals surface area (Å²) in [4.78, 5) is 12.2. The van der Waals surface area contributed by atoms with E-state index in [0.717, 1.165) is 12.1 Å². The third-order valence-corrected chi connectivity index (χ3v) is 3.96. The van der Waals surface area contributed by atoms with Crippen LogP contribution in [0.3, 0.4) is 0 Å². The Morgan fingerprint density at radius 1 is 1.00 bits per heavy atom. The van der Waals surface area contributed by atoms with E-state index in [1.54, 1.807) is 18.2 Å². The number of hydrogen-bond acceptors (Lipinski definition) is 4. The van der Waals surface area contributed by atoms with Crippen molar-refractivity contribution in [1.82, 2.24) is 0 Å². The van der Waals surface area contributed by atoms with Gasteiger partial charge in [-0.3, -0.25) is 9.52 Å². The van der Waals surface area contributed by atoms with Crippen LogP contribution in [0.15, 0.2) is 48.5 Å². The Bertz CT molecular complexity index is 833. The third kappa shape index (κ3) is 3.45. The van der Waals surface area contributed by atoms with Gasteiger partial charge >= 0.3 is 15.5 Å². The molecule has 2 aromatic carbocycles. The van der Waals surface area contributed by atoms with Crippen LogP contribution in [-0.2, 0) is 10.0 Å². The zero-order chi connectivity index (χ0) is 17.3. The highest BCUT2D eigenvalue weighted by Crippen LogP contribution is 2.33. The standard InChI is InChI=1S/C14H10F3NO4S/c15-14(16,17)23(21,22)18-11-8-4-7-10(13(11)20)12(19)9-5-2-1-3-6-9/h1-8,18,20H. The fraction of sp³-hybridized carbons (Fsp3) is 0.0714. The van der Waals surface area contributed by atoms with Crippen molar-refractivity contribution in [3.05, 3.63) is 59.7 Å². The maximum absolute atomic E-state index is 12.4. The normalized spacial score (nSPS) is 12.0. The second kappa shape index (κ2) is 5.92. The Balaban J connectivity index is 2.42. The summed E-state index contributed by atoms with van der Waals surface area (Å²) in [6, 6.07) is 11.0. The van der Waals surface area contributed by atoms with E-state index in [1.807, 2.05) is 0 Å². The van der Waals surface area contributed by atoms with Crippen LogP contribution in [0.5, 0.6) is 5.75 Å². The first kappa shape index (κ1) is 16.8. The summed E-state index contributed by atoms with van der Waals surface area (Å²) >= 11 is 0. The van der Waals surface area contributed by atoms with Crippen LogP contribution in [-0.4, -0.2) is 24.8 Å². The summed E-state index contributed by atoms with van der Waals surface area (Å²) in [5, 5.41) is 9.93.